The lowest BCUT2D eigenvalue weighted by atomic mass is 9.87. The van der Waals surface area contributed by atoms with Crippen LogP contribution in [0.3, 0.4) is 0 Å². The zero-order chi connectivity index (χ0) is 24.9. The molecule has 34 heavy (non-hydrogen) atoms. The second kappa shape index (κ2) is 10.7. The second-order valence-corrected chi connectivity index (χ2v) is 9.78. The number of ether oxygens (including phenoxy) is 1. The quantitative estimate of drug-likeness (QED) is 0.448. The molecule has 2 atom stereocenters. The van der Waals surface area contributed by atoms with Crippen LogP contribution in [0.15, 0.2) is 48.5 Å². The van der Waals surface area contributed by atoms with Gasteiger partial charge in [0.2, 0.25) is 5.91 Å². The molecule has 0 fully saturated rings. The van der Waals surface area contributed by atoms with E-state index in [1.165, 1.54) is 0 Å². The number of amides is 2. The summed E-state index contributed by atoms with van der Waals surface area (Å²) in [7, 11) is 0. The molecule has 0 aromatic heterocycles. The van der Waals surface area contributed by atoms with E-state index in [2.05, 4.69) is 22.8 Å². The maximum absolute atomic E-state index is 12.7. The van der Waals surface area contributed by atoms with Crippen LogP contribution in [0.5, 0.6) is 0 Å². The van der Waals surface area contributed by atoms with E-state index in [4.69, 9.17) is 14.9 Å². The molecule has 182 valence electrons. The van der Waals surface area contributed by atoms with Crippen molar-refractivity contribution in [2.75, 3.05) is 13.2 Å². The first-order valence-corrected chi connectivity index (χ1v) is 11.3. The van der Waals surface area contributed by atoms with E-state index in [9.17, 15) is 14.4 Å². The third-order valence-corrected chi connectivity index (χ3v) is 5.77. The summed E-state index contributed by atoms with van der Waals surface area (Å²) in [6, 6.07) is 14.1. The molecule has 2 aromatic carbocycles. The Morgan fingerprint density at radius 3 is 2.03 bits per heavy atom. The van der Waals surface area contributed by atoms with E-state index < -0.39 is 36.7 Å². The minimum Gasteiger partial charge on any atom is -0.480 e. The Morgan fingerprint density at radius 2 is 1.53 bits per heavy atom. The molecule has 0 bridgehead atoms. The second-order valence-electron chi connectivity index (χ2n) is 9.78. The molecule has 1 unspecified atom stereocenters. The molecule has 0 saturated heterocycles. The molecular formula is C26H32N2O6. The van der Waals surface area contributed by atoms with Crippen LogP contribution in [-0.2, 0) is 14.3 Å². The lowest BCUT2D eigenvalue weighted by Gasteiger charge is -2.27. The van der Waals surface area contributed by atoms with Crippen molar-refractivity contribution in [3.63, 3.8) is 0 Å². The molecule has 0 saturated carbocycles. The first-order valence-electron chi connectivity index (χ1n) is 11.3. The number of aliphatic hydroxyl groups excluding tert-OH is 1. The highest BCUT2D eigenvalue weighted by Gasteiger charge is 2.30. The Hall–Kier alpha value is -3.39. The summed E-state index contributed by atoms with van der Waals surface area (Å²) in [4.78, 5) is 36.1. The number of alkyl carbamates (subject to hydrolysis) is 1. The van der Waals surface area contributed by atoms with Crippen molar-refractivity contribution < 1.29 is 29.3 Å². The highest BCUT2D eigenvalue weighted by atomic mass is 16.5. The minimum absolute atomic E-state index is 0.0802. The van der Waals surface area contributed by atoms with Gasteiger partial charge in [0.25, 0.3) is 0 Å². The van der Waals surface area contributed by atoms with Gasteiger partial charge in [-0.2, -0.15) is 0 Å². The maximum atomic E-state index is 12.7. The van der Waals surface area contributed by atoms with Gasteiger partial charge in [-0.25, -0.2) is 9.59 Å². The van der Waals surface area contributed by atoms with Crippen LogP contribution in [0.2, 0.25) is 0 Å². The number of fused-ring (bicyclic) bond motifs is 3. The number of carbonyl (C=O) groups is 3. The Bertz CT molecular complexity index is 1000. The average Bonchev–Trinajstić information content (AvgIpc) is 3.08. The molecule has 0 heterocycles. The Morgan fingerprint density at radius 1 is 0.971 bits per heavy atom. The van der Waals surface area contributed by atoms with Gasteiger partial charge in [-0.15, -0.1) is 0 Å². The van der Waals surface area contributed by atoms with Crippen molar-refractivity contribution in [3.8, 4) is 11.1 Å². The molecule has 0 radical (unpaired) electrons. The van der Waals surface area contributed by atoms with Crippen LogP contribution in [0.25, 0.3) is 11.1 Å². The number of benzene rings is 2. The summed E-state index contributed by atoms with van der Waals surface area (Å²) in [5, 5.41) is 23.2. The molecule has 0 aliphatic heterocycles. The van der Waals surface area contributed by atoms with Crippen LogP contribution in [0, 0.1) is 5.41 Å². The number of aliphatic hydroxyl groups is 1. The minimum atomic E-state index is -1.39. The molecule has 8 heteroatoms. The van der Waals surface area contributed by atoms with Crippen LogP contribution >= 0.6 is 0 Å². The first-order chi connectivity index (χ1) is 16.1. The fourth-order valence-electron chi connectivity index (χ4n) is 4.38. The maximum Gasteiger partial charge on any atom is 0.407 e. The third-order valence-electron chi connectivity index (χ3n) is 5.77. The van der Waals surface area contributed by atoms with E-state index in [1.807, 2.05) is 57.2 Å². The molecule has 1 aliphatic rings. The van der Waals surface area contributed by atoms with Crippen molar-refractivity contribution in [1.29, 1.82) is 0 Å². The van der Waals surface area contributed by atoms with Gasteiger partial charge < -0.3 is 25.6 Å². The van der Waals surface area contributed by atoms with E-state index >= 15 is 0 Å². The smallest absolute Gasteiger partial charge is 0.407 e. The Kier molecular flexibility index (Phi) is 7.94. The number of carboxylic acid groups (broad SMARTS) is 1. The molecule has 8 nitrogen and oxygen atoms in total. The van der Waals surface area contributed by atoms with E-state index in [0.717, 1.165) is 22.3 Å². The molecular weight excluding hydrogens is 436 g/mol. The van der Waals surface area contributed by atoms with Gasteiger partial charge in [0, 0.05) is 18.4 Å². The van der Waals surface area contributed by atoms with Gasteiger partial charge in [0.05, 0.1) is 6.61 Å². The predicted molar refractivity (Wildman–Crippen MR) is 127 cm³/mol. The van der Waals surface area contributed by atoms with Crippen molar-refractivity contribution in [3.05, 3.63) is 59.7 Å². The van der Waals surface area contributed by atoms with Crippen LogP contribution < -0.4 is 10.6 Å². The normalized spacial score (nSPS) is 14.5. The Balaban J connectivity index is 1.64. The molecule has 2 aromatic rings. The van der Waals surface area contributed by atoms with Crippen LogP contribution in [0.1, 0.15) is 50.7 Å². The summed E-state index contributed by atoms with van der Waals surface area (Å²) < 4.78 is 5.59. The van der Waals surface area contributed by atoms with Gasteiger partial charge >= 0.3 is 12.1 Å². The van der Waals surface area contributed by atoms with Gasteiger partial charge in [-0.1, -0.05) is 69.3 Å². The third kappa shape index (κ3) is 6.35. The Labute approximate surface area is 199 Å². The number of carbonyl (C=O) groups excluding carboxylic acids is 2. The van der Waals surface area contributed by atoms with Crippen molar-refractivity contribution in [2.24, 2.45) is 5.41 Å². The zero-order valence-corrected chi connectivity index (χ0v) is 19.7. The van der Waals surface area contributed by atoms with Gasteiger partial charge in [0.1, 0.15) is 12.6 Å². The monoisotopic (exact) mass is 468 g/mol. The number of aliphatic carboxylic acids is 1. The number of nitrogens with one attached hydrogen (secondary N) is 2. The number of rotatable bonds is 9. The SMILES string of the molecule is CC(C)(C)CC(CC(=O)N[C@@H](CO)C(=O)O)NC(=O)OCC1c2ccccc2-c2ccccc21. The van der Waals surface area contributed by atoms with E-state index in [-0.39, 0.29) is 24.4 Å². The predicted octanol–water partition coefficient (Wildman–Crippen LogP) is 3.28. The van der Waals surface area contributed by atoms with Crippen molar-refractivity contribution >= 4 is 18.0 Å². The summed E-state index contributed by atoms with van der Waals surface area (Å²) in [5.41, 5.74) is 4.26. The van der Waals surface area contributed by atoms with Gasteiger partial charge in [0.15, 0.2) is 0 Å². The highest BCUT2D eigenvalue weighted by Crippen LogP contribution is 2.44. The number of hydrogen-bond donors (Lipinski definition) is 4. The fraction of sp³-hybridized carbons (Fsp3) is 0.423. The van der Waals surface area contributed by atoms with Gasteiger partial charge in [-0.05, 0) is 34.1 Å². The van der Waals surface area contributed by atoms with Crippen LogP contribution in [-0.4, -0.2) is 53.5 Å². The largest absolute Gasteiger partial charge is 0.480 e. The number of carboxylic acids is 1. The van der Waals surface area contributed by atoms with Gasteiger partial charge in [-0.3, -0.25) is 4.79 Å². The topological polar surface area (TPSA) is 125 Å². The summed E-state index contributed by atoms with van der Waals surface area (Å²) in [6.07, 6.45) is -0.298. The van der Waals surface area contributed by atoms with Crippen molar-refractivity contribution in [1.82, 2.24) is 10.6 Å². The van der Waals surface area contributed by atoms with Crippen molar-refractivity contribution in [2.45, 2.75) is 51.6 Å². The first kappa shape index (κ1) is 25.2. The zero-order valence-electron chi connectivity index (χ0n) is 19.7. The summed E-state index contributed by atoms with van der Waals surface area (Å²) >= 11 is 0. The molecule has 0 spiro atoms. The van der Waals surface area contributed by atoms with E-state index in [1.54, 1.807) is 0 Å². The molecule has 4 N–H and O–H groups in total. The molecule has 2 amide bonds. The van der Waals surface area contributed by atoms with E-state index in [0.29, 0.717) is 6.42 Å². The summed E-state index contributed by atoms with van der Waals surface area (Å²) in [5.74, 6) is -1.98. The lowest BCUT2D eigenvalue weighted by Crippen LogP contribution is -2.47. The fourth-order valence-corrected chi connectivity index (χ4v) is 4.38. The van der Waals surface area contributed by atoms with Crippen LogP contribution in [0.4, 0.5) is 4.79 Å². The lowest BCUT2D eigenvalue weighted by molar-refractivity contribution is -0.143. The average molecular weight is 469 g/mol. The summed E-state index contributed by atoms with van der Waals surface area (Å²) in [6.45, 7) is 5.37. The standard InChI is InChI=1S/C26H32N2O6/c1-26(2,3)13-16(12-23(30)28-22(14-29)24(31)32)27-25(33)34-15-21-19-10-6-4-8-17(19)18-9-5-7-11-20(18)21/h4-11,16,21-22,29H,12-15H2,1-3H3,(H,27,33)(H,28,30)(H,31,32)/t16?,22-/m0/s1. The molecule has 3 rings (SSSR count). The molecule has 1 aliphatic carbocycles. The highest BCUT2D eigenvalue weighted by molar-refractivity contribution is 5.84. The number of hydrogen-bond acceptors (Lipinski definition) is 5.